The number of ketones is 1. The molecule has 67 heavy (non-hydrogen) atoms. The summed E-state index contributed by atoms with van der Waals surface area (Å²) in [5, 5.41) is 19.0. The van der Waals surface area contributed by atoms with Crippen LogP contribution in [0.2, 0.25) is 0 Å². The fourth-order valence-corrected chi connectivity index (χ4v) is 16.6. The Balaban J connectivity index is 0.843. The van der Waals surface area contributed by atoms with E-state index in [1.165, 1.54) is 45.2 Å². The number of rotatable bonds is 13. The summed E-state index contributed by atoms with van der Waals surface area (Å²) in [7, 11) is 0. The Morgan fingerprint density at radius 1 is 0.881 bits per heavy atom. The van der Waals surface area contributed by atoms with Gasteiger partial charge in [-0.25, -0.2) is 9.97 Å². The monoisotopic (exact) mass is 923 g/mol. The van der Waals surface area contributed by atoms with E-state index in [-0.39, 0.29) is 39.0 Å². The zero-order valence-corrected chi connectivity index (χ0v) is 40.9. The topological polar surface area (TPSA) is 134 Å². The number of carbonyl (C=O) groups excluding carboxylic acids is 2. The highest BCUT2D eigenvalue weighted by Gasteiger charge is 2.66. The van der Waals surface area contributed by atoms with Crippen molar-refractivity contribution in [2.75, 3.05) is 56.1 Å². The van der Waals surface area contributed by atoms with Gasteiger partial charge in [0.25, 0.3) is 5.91 Å². The number of benzene rings is 1. The summed E-state index contributed by atoms with van der Waals surface area (Å²) in [6.07, 6.45) is 16.1. The van der Waals surface area contributed by atoms with Crippen LogP contribution >= 0.6 is 11.3 Å². The summed E-state index contributed by atoms with van der Waals surface area (Å²) in [5.74, 6) is 2.82. The Hall–Kier alpha value is -4.79. The highest BCUT2D eigenvalue weighted by molar-refractivity contribution is 7.22. The number of fused-ring (bicyclic) bond motifs is 2. The second-order valence-electron chi connectivity index (χ2n) is 23.3. The van der Waals surface area contributed by atoms with Gasteiger partial charge in [0.05, 0.1) is 28.6 Å². The fourth-order valence-electron chi connectivity index (χ4n) is 15.7. The number of carbonyl (C=O) groups is 2. The number of likely N-dealkylation sites (tertiary alicyclic amines) is 2. The number of para-hydroxylation sites is 1. The van der Waals surface area contributed by atoms with E-state index in [9.17, 15) is 9.59 Å². The molecule has 2 atom stereocenters. The van der Waals surface area contributed by atoms with Crippen LogP contribution in [0.4, 0.5) is 22.6 Å². The Morgan fingerprint density at radius 2 is 1.66 bits per heavy atom. The third-order valence-corrected chi connectivity index (χ3v) is 18.1. The average molecular weight is 923 g/mol. The molecule has 1 aromatic carbocycles. The summed E-state index contributed by atoms with van der Waals surface area (Å²) in [6.45, 7) is 18.3. The van der Waals surface area contributed by atoms with Crippen molar-refractivity contribution in [2.24, 2.45) is 27.6 Å². The molecule has 1 N–H and O–H groups in total. The van der Waals surface area contributed by atoms with Crippen molar-refractivity contribution in [2.45, 2.75) is 130 Å². The van der Waals surface area contributed by atoms with Gasteiger partial charge in [-0.3, -0.25) is 9.48 Å². The summed E-state index contributed by atoms with van der Waals surface area (Å²) < 4.78 is 10.5. The molecule has 8 aliphatic rings. The second-order valence-corrected chi connectivity index (χ2v) is 24.3. The van der Waals surface area contributed by atoms with Crippen molar-refractivity contribution in [3.8, 4) is 11.1 Å². The van der Waals surface area contributed by atoms with Crippen molar-refractivity contribution >= 4 is 55.8 Å². The van der Waals surface area contributed by atoms with Crippen LogP contribution in [0.1, 0.15) is 125 Å². The number of aromatic nitrogens is 6. The smallest absolute Gasteiger partial charge is 0.273 e. The van der Waals surface area contributed by atoms with Gasteiger partial charge in [-0.15, -0.1) is 10.2 Å². The summed E-state index contributed by atoms with van der Waals surface area (Å²) in [4.78, 5) is 43.6. The van der Waals surface area contributed by atoms with Gasteiger partial charge < -0.3 is 29.5 Å². The maximum absolute atomic E-state index is 14.9. The molecule has 0 radical (unpaired) electrons. The molecule has 2 saturated heterocycles. The molecule has 1 amide bonds. The molecule has 3 aliphatic heterocycles. The number of pyridine rings is 1. The molecular formula is C53H66N10O3S. The number of hydrogen-bond acceptors (Lipinski definition) is 12. The third kappa shape index (κ3) is 7.77. The lowest BCUT2D eigenvalue weighted by Crippen LogP contribution is -2.64. The lowest BCUT2D eigenvalue weighted by molar-refractivity contribution is -0.248. The number of ether oxygens (including phenoxy) is 1. The van der Waals surface area contributed by atoms with Gasteiger partial charge in [0.15, 0.2) is 16.8 Å². The number of anilines is 4. The summed E-state index contributed by atoms with van der Waals surface area (Å²) in [5.41, 5.74) is 7.09. The molecule has 1 spiro atoms. The van der Waals surface area contributed by atoms with E-state index in [0.29, 0.717) is 42.8 Å². The van der Waals surface area contributed by atoms with E-state index >= 15 is 0 Å². The summed E-state index contributed by atoms with van der Waals surface area (Å²) in [6, 6.07) is 12.3. The van der Waals surface area contributed by atoms with Crippen molar-refractivity contribution in [1.82, 2.24) is 39.7 Å². The molecule has 5 aromatic rings. The second kappa shape index (κ2) is 15.9. The number of nitrogens with zero attached hydrogens (tertiary/aromatic N) is 9. The maximum Gasteiger partial charge on any atom is 0.273 e. The van der Waals surface area contributed by atoms with Gasteiger partial charge in [-0.05, 0) is 157 Å². The Morgan fingerprint density at radius 3 is 2.42 bits per heavy atom. The molecular weight excluding hydrogens is 857 g/mol. The van der Waals surface area contributed by atoms with Crippen LogP contribution < -0.4 is 10.2 Å². The first-order chi connectivity index (χ1) is 32.2. The molecule has 7 fully saturated rings. The number of hydrogen-bond donors (Lipinski definition) is 1. The normalized spacial score (nSPS) is 28.6. The van der Waals surface area contributed by atoms with Crippen molar-refractivity contribution in [3.05, 3.63) is 65.1 Å². The van der Waals surface area contributed by atoms with Crippen LogP contribution in [0.25, 0.3) is 21.3 Å². The van der Waals surface area contributed by atoms with E-state index in [2.05, 4.69) is 65.7 Å². The molecule has 13 nitrogen and oxygen atoms in total. The van der Waals surface area contributed by atoms with Gasteiger partial charge in [-0.1, -0.05) is 37.3 Å². The number of nitrogens with one attached hydrogen (secondary N) is 1. The lowest BCUT2D eigenvalue weighted by atomic mass is 9.39. The number of thiazole rings is 1. The maximum atomic E-state index is 14.9. The fraction of sp³-hybridized carbons (Fsp3) is 0.604. The molecule has 2 unspecified atom stereocenters. The zero-order chi connectivity index (χ0) is 45.9. The van der Waals surface area contributed by atoms with Gasteiger partial charge in [0, 0.05) is 72.5 Å². The highest BCUT2D eigenvalue weighted by atomic mass is 32.1. The molecule has 14 heteroatoms. The average Bonchev–Trinajstić information content (AvgIpc) is 4.00. The zero-order valence-electron chi connectivity index (χ0n) is 40.1. The van der Waals surface area contributed by atoms with Crippen LogP contribution in [0, 0.1) is 41.4 Å². The minimum atomic E-state index is -0.0766. The third-order valence-electron chi connectivity index (χ3n) is 17.2. The van der Waals surface area contributed by atoms with E-state index < -0.39 is 0 Å². The van der Waals surface area contributed by atoms with Gasteiger partial charge >= 0.3 is 0 Å². The molecule has 352 valence electrons. The standard InChI is InChI=1S/C53H66N10O3S/c1-34(64)21-37-22-51(23-37)31-61(32-51)47(65)44-39(14-15-43(56-44)62-18-10-11-38-35(2)45(58-59-46(38)62)57-48-55-41-12-6-7-13-42(41)67-48)40-24-54-63(36(40)3)33-52-26-49(4)25-50(5,27-52)29-53(28-49,30-52)66-20-19-60-16-8-9-17-60/h6-7,12-15,24,37H,8-11,16-23,25-33H2,1-5H3,(H,55,57,58). The van der Waals surface area contributed by atoms with Crippen LogP contribution in [-0.4, -0.2) is 103 Å². The number of amides is 1. The molecule has 13 rings (SSSR count). The lowest BCUT2D eigenvalue weighted by Gasteiger charge is -2.69. The van der Waals surface area contributed by atoms with E-state index in [1.54, 1.807) is 18.3 Å². The number of Topliss-reactive ketones (excluding diaryl/α,β-unsaturated/α-hetero) is 1. The van der Waals surface area contributed by atoms with E-state index in [4.69, 9.17) is 30.0 Å². The minimum Gasteiger partial charge on any atom is -0.374 e. The highest BCUT2D eigenvalue weighted by Crippen LogP contribution is 2.72. The first-order valence-electron chi connectivity index (χ1n) is 25.1. The van der Waals surface area contributed by atoms with Crippen molar-refractivity contribution < 1.29 is 14.3 Å². The van der Waals surface area contributed by atoms with Crippen LogP contribution in [0.5, 0.6) is 0 Å². The SMILES string of the molecule is CC(=O)CC1CC2(C1)CN(C(=O)c1nc(N3CCCc4c3nnc(Nc3nc5ccccc5s3)c4C)ccc1-c1cnn(CC34CC5(C)CC(C)(C3)CC(OCCN3CCCC3)(C5)C4)c1C)C2. The van der Waals surface area contributed by atoms with Crippen LogP contribution in [0.3, 0.4) is 0 Å². The molecule has 7 heterocycles. The quantitative estimate of drug-likeness (QED) is 0.121. The Bertz CT molecular complexity index is 2730. The predicted octanol–water partition coefficient (Wildman–Crippen LogP) is 9.85. The van der Waals surface area contributed by atoms with E-state index in [1.807, 2.05) is 29.3 Å². The van der Waals surface area contributed by atoms with Crippen LogP contribution in [-0.2, 0) is 22.5 Å². The van der Waals surface area contributed by atoms with Crippen molar-refractivity contribution in [3.63, 3.8) is 0 Å². The largest absolute Gasteiger partial charge is 0.374 e. The van der Waals surface area contributed by atoms with Crippen LogP contribution in [0.15, 0.2) is 42.6 Å². The first-order valence-corrected chi connectivity index (χ1v) is 26.0. The summed E-state index contributed by atoms with van der Waals surface area (Å²) >= 11 is 1.60. The predicted molar refractivity (Wildman–Crippen MR) is 262 cm³/mol. The van der Waals surface area contributed by atoms with E-state index in [0.717, 1.165) is 120 Å². The molecule has 5 saturated carbocycles. The minimum absolute atomic E-state index is 0.0468. The molecule has 4 bridgehead atoms. The molecule has 4 aromatic heterocycles. The van der Waals surface area contributed by atoms with Gasteiger partial charge in [0.2, 0.25) is 0 Å². The Kier molecular flexibility index (Phi) is 10.3. The van der Waals surface area contributed by atoms with Gasteiger partial charge in [-0.2, -0.15) is 5.10 Å². The Labute approximate surface area is 398 Å². The van der Waals surface area contributed by atoms with Crippen molar-refractivity contribution in [1.29, 1.82) is 0 Å². The molecule has 5 aliphatic carbocycles. The van der Waals surface area contributed by atoms with Gasteiger partial charge in [0.1, 0.15) is 17.3 Å². The first kappa shape index (κ1) is 43.5.